The number of halogens is 1. The molecule has 0 saturated heterocycles. The van der Waals surface area contributed by atoms with Crippen LogP contribution < -0.4 is 5.32 Å². The Kier molecular flexibility index (Phi) is 6.08. The summed E-state index contributed by atoms with van der Waals surface area (Å²) in [5.74, 6) is -0.686. The summed E-state index contributed by atoms with van der Waals surface area (Å²) in [6, 6.07) is 0.962. The van der Waals surface area contributed by atoms with Crippen molar-refractivity contribution in [1.29, 1.82) is 0 Å². The molecular formula is C13H18BrNO4. The number of ether oxygens (including phenoxy) is 1. The number of nitrogens with one attached hydrogen (secondary N) is 1. The van der Waals surface area contributed by atoms with Gasteiger partial charge in [-0.05, 0) is 27.9 Å². The maximum absolute atomic E-state index is 12.1. The molecule has 0 aliphatic heterocycles. The molecule has 1 N–H and O–H groups in total. The Bertz CT molecular complexity index is 440. The van der Waals surface area contributed by atoms with E-state index in [1.54, 1.807) is 6.07 Å². The first kappa shape index (κ1) is 15.8. The molecule has 0 saturated carbocycles. The first-order chi connectivity index (χ1) is 9.04. The first-order valence-electron chi connectivity index (χ1n) is 6.16. The van der Waals surface area contributed by atoms with Crippen molar-refractivity contribution in [3.63, 3.8) is 0 Å². The van der Waals surface area contributed by atoms with Gasteiger partial charge in [0, 0.05) is 0 Å². The van der Waals surface area contributed by atoms with E-state index in [0.717, 1.165) is 12.8 Å². The second kappa shape index (κ2) is 7.33. The predicted molar refractivity (Wildman–Crippen MR) is 73.8 cm³/mol. The van der Waals surface area contributed by atoms with Crippen LogP contribution in [-0.2, 0) is 9.53 Å². The maximum Gasteiger partial charge on any atom is 0.328 e. The zero-order chi connectivity index (χ0) is 14.4. The first-order valence-corrected chi connectivity index (χ1v) is 6.96. The number of hydrogen-bond donors (Lipinski definition) is 1. The van der Waals surface area contributed by atoms with Gasteiger partial charge in [0.2, 0.25) is 5.76 Å². The topological polar surface area (TPSA) is 68.5 Å². The van der Waals surface area contributed by atoms with Crippen LogP contribution in [0.3, 0.4) is 0 Å². The molecule has 5 nitrogen and oxygen atoms in total. The van der Waals surface area contributed by atoms with E-state index in [2.05, 4.69) is 21.2 Å². The van der Waals surface area contributed by atoms with E-state index in [4.69, 9.17) is 9.15 Å². The van der Waals surface area contributed by atoms with Gasteiger partial charge in [-0.3, -0.25) is 4.79 Å². The molecule has 0 aliphatic rings. The molecule has 0 spiro atoms. The second-order valence-corrected chi connectivity index (χ2v) is 5.00. The third-order valence-corrected chi connectivity index (χ3v) is 3.71. The normalized spacial score (nSPS) is 12.3. The van der Waals surface area contributed by atoms with Crippen LogP contribution in [0.1, 0.15) is 37.2 Å². The third kappa shape index (κ3) is 3.83. The number of methoxy groups -OCH3 is 1. The Balaban J connectivity index is 2.86. The highest BCUT2D eigenvalue weighted by atomic mass is 79.9. The molecule has 1 amide bonds. The molecule has 106 valence electrons. The van der Waals surface area contributed by atoms with Crippen molar-refractivity contribution in [3.05, 3.63) is 22.6 Å². The van der Waals surface area contributed by atoms with Gasteiger partial charge >= 0.3 is 5.97 Å². The van der Waals surface area contributed by atoms with Crippen LogP contribution in [0.15, 0.2) is 21.2 Å². The van der Waals surface area contributed by atoms with E-state index in [9.17, 15) is 9.59 Å². The highest BCUT2D eigenvalue weighted by Crippen LogP contribution is 2.19. The fourth-order valence-electron chi connectivity index (χ4n) is 1.92. The van der Waals surface area contributed by atoms with Crippen LogP contribution in [0, 0.1) is 5.92 Å². The third-order valence-electron chi connectivity index (χ3n) is 3.09. The Hall–Kier alpha value is -1.30. The van der Waals surface area contributed by atoms with Crippen LogP contribution in [0.5, 0.6) is 0 Å². The molecule has 1 atom stereocenters. The molecular weight excluding hydrogens is 314 g/mol. The molecule has 0 radical (unpaired) electrons. The molecule has 1 aromatic heterocycles. The van der Waals surface area contributed by atoms with E-state index in [0.29, 0.717) is 4.47 Å². The second-order valence-electron chi connectivity index (χ2n) is 4.15. The summed E-state index contributed by atoms with van der Waals surface area (Å²) in [4.78, 5) is 23.8. The van der Waals surface area contributed by atoms with Gasteiger partial charge in [0.1, 0.15) is 6.04 Å². The molecule has 1 unspecified atom stereocenters. The largest absolute Gasteiger partial charge is 0.467 e. The molecule has 0 aliphatic carbocycles. The molecule has 1 heterocycles. The number of amides is 1. The summed E-state index contributed by atoms with van der Waals surface area (Å²) in [5.41, 5.74) is 0. The van der Waals surface area contributed by atoms with E-state index < -0.39 is 17.9 Å². The van der Waals surface area contributed by atoms with Crippen molar-refractivity contribution in [3.8, 4) is 0 Å². The molecule has 0 fully saturated rings. The smallest absolute Gasteiger partial charge is 0.328 e. The van der Waals surface area contributed by atoms with E-state index in [-0.39, 0.29) is 11.7 Å². The average molecular weight is 332 g/mol. The van der Waals surface area contributed by atoms with Crippen molar-refractivity contribution in [2.75, 3.05) is 7.11 Å². The fraction of sp³-hybridized carbons (Fsp3) is 0.538. The van der Waals surface area contributed by atoms with Crippen LogP contribution in [0.4, 0.5) is 0 Å². The highest BCUT2D eigenvalue weighted by Gasteiger charge is 2.30. The Morgan fingerprint density at radius 1 is 1.42 bits per heavy atom. The number of rotatable bonds is 6. The lowest BCUT2D eigenvalue weighted by molar-refractivity contribution is -0.144. The van der Waals surface area contributed by atoms with E-state index >= 15 is 0 Å². The number of esters is 1. The van der Waals surface area contributed by atoms with Crippen LogP contribution >= 0.6 is 15.9 Å². The van der Waals surface area contributed by atoms with Gasteiger partial charge in [0.25, 0.3) is 5.91 Å². The number of carbonyl (C=O) groups excluding carboxylic acids is 2. The number of carbonyl (C=O) groups is 2. The summed E-state index contributed by atoms with van der Waals surface area (Å²) in [5, 5.41) is 2.68. The number of furan rings is 1. The lowest BCUT2D eigenvalue weighted by Crippen LogP contribution is -2.46. The van der Waals surface area contributed by atoms with Crippen molar-refractivity contribution in [1.82, 2.24) is 5.32 Å². The van der Waals surface area contributed by atoms with Gasteiger partial charge in [-0.15, -0.1) is 0 Å². The van der Waals surface area contributed by atoms with E-state index in [1.165, 1.54) is 13.4 Å². The van der Waals surface area contributed by atoms with Gasteiger partial charge in [0.15, 0.2) is 0 Å². The van der Waals surface area contributed by atoms with Crippen molar-refractivity contribution in [2.45, 2.75) is 32.7 Å². The van der Waals surface area contributed by atoms with Crippen molar-refractivity contribution in [2.24, 2.45) is 5.92 Å². The summed E-state index contributed by atoms with van der Waals surface area (Å²) >= 11 is 3.21. The van der Waals surface area contributed by atoms with Gasteiger partial charge in [-0.1, -0.05) is 26.7 Å². The van der Waals surface area contributed by atoms with Crippen molar-refractivity contribution >= 4 is 27.8 Å². The van der Waals surface area contributed by atoms with Crippen LogP contribution in [0.2, 0.25) is 0 Å². The molecule has 19 heavy (non-hydrogen) atoms. The molecule has 0 aromatic carbocycles. The number of hydrogen-bond acceptors (Lipinski definition) is 4. The predicted octanol–water partition coefficient (Wildman–Crippen LogP) is 2.75. The van der Waals surface area contributed by atoms with Crippen molar-refractivity contribution < 1.29 is 18.7 Å². The Morgan fingerprint density at radius 2 is 2.05 bits per heavy atom. The molecule has 0 bridgehead atoms. The minimum absolute atomic E-state index is 0.0325. The van der Waals surface area contributed by atoms with Gasteiger partial charge < -0.3 is 14.5 Å². The zero-order valence-electron chi connectivity index (χ0n) is 11.2. The summed E-state index contributed by atoms with van der Waals surface area (Å²) in [6.45, 7) is 3.94. The van der Waals surface area contributed by atoms with Crippen LogP contribution in [0.25, 0.3) is 0 Å². The molecule has 1 aromatic rings. The van der Waals surface area contributed by atoms with Gasteiger partial charge in [0.05, 0.1) is 17.8 Å². The molecule has 6 heteroatoms. The Morgan fingerprint density at radius 3 is 2.47 bits per heavy atom. The highest BCUT2D eigenvalue weighted by molar-refractivity contribution is 9.10. The minimum Gasteiger partial charge on any atom is -0.467 e. The maximum atomic E-state index is 12.1. The SMILES string of the molecule is CCC(CC)C(NC(=O)c1occc1Br)C(=O)OC. The molecule has 1 rings (SSSR count). The van der Waals surface area contributed by atoms with Gasteiger partial charge in [-0.25, -0.2) is 4.79 Å². The quantitative estimate of drug-likeness (QED) is 0.814. The zero-order valence-corrected chi connectivity index (χ0v) is 12.8. The summed E-state index contributed by atoms with van der Waals surface area (Å²) in [7, 11) is 1.31. The lowest BCUT2D eigenvalue weighted by Gasteiger charge is -2.23. The standard InChI is InChI=1S/C13H18BrNO4/c1-4-8(5-2)10(13(17)18-3)15-12(16)11-9(14)6-7-19-11/h6-8,10H,4-5H2,1-3H3,(H,15,16). The fourth-order valence-corrected chi connectivity index (χ4v) is 2.30. The minimum atomic E-state index is -0.663. The van der Waals surface area contributed by atoms with Crippen LogP contribution in [-0.4, -0.2) is 25.0 Å². The summed E-state index contributed by atoms with van der Waals surface area (Å²) in [6.07, 6.45) is 2.95. The lowest BCUT2D eigenvalue weighted by atomic mass is 9.94. The van der Waals surface area contributed by atoms with Gasteiger partial charge in [-0.2, -0.15) is 0 Å². The average Bonchev–Trinajstić information content (AvgIpc) is 2.84. The van der Waals surface area contributed by atoms with E-state index in [1.807, 2.05) is 13.8 Å². The Labute approximate surface area is 120 Å². The monoisotopic (exact) mass is 331 g/mol. The summed E-state index contributed by atoms with van der Waals surface area (Å²) < 4.78 is 10.4.